The highest BCUT2D eigenvalue weighted by atomic mass is 16.5. The summed E-state index contributed by atoms with van der Waals surface area (Å²) in [7, 11) is 1.71. The second kappa shape index (κ2) is 10.6. The van der Waals surface area contributed by atoms with E-state index in [1.807, 2.05) is 41.3 Å². The number of carbonyl (C=O) groups is 1. The van der Waals surface area contributed by atoms with Gasteiger partial charge in [0.15, 0.2) is 5.96 Å². The molecule has 1 amide bonds. The van der Waals surface area contributed by atoms with Crippen LogP contribution in [0.5, 0.6) is 0 Å². The summed E-state index contributed by atoms with van der Waals surface area (Å²) in [5, 5.41) is 6.69. The van der Waals surface area contributed by atoms with Crippen LogP contribution < -0.4 is 15.5 Å². The number of methoxy groups -OCH3 is 1. The number of ether oxygens (including phenoxy) is 1. The van der Waals surface area contributed by atoms with Crippen molar-refractivity contribution in [2.24, 2.45) is 4.99 Å². The van der Waals surface area contributed by atoms with Crippen LogP contribution in [0.3, 0.4) is 0 Å². The average Bonchev–Trinajstić information content (AvgIpc) is 3.17. The highest BCUT2D eigenvalue weighted by molar-refractivity contribution is 5.95. The van der Waals surface area contributed by atoms with Crippen molar-refractivity contribution in [3.8, 4) is 0 Å². The summed E-state index contributed by atoms with van der Waals surface area (Å²) in [6.07, 6.45) is 1.59. The smallest absolute Gasteiger partial charge is 0.227 e. The zero-order valence-corrected chi connectivity index (χ0v) is 17.3. The minimum absolute atomic E-state index is 0.211. The van der Waals surface area contributed by atoms with Crippen molar-refractivity contribution >= 4 is 17.6 Å². The summed E-state index contributed by atoms with van der Waals surface area (Å²) in [6.45, 7) is 5.51. The number of guanidine groups is 1. The van der Waals surface area contributed by atoms with E-state index >= 15 is 0 Å². The number of hydrogen-bond acceptors (Lipinski definition) is 3. The maximum atomic E-state index is 11.9. The maximum Gasteiger partial charge on any atom is 0.227 e. The number of carbonyl (C=O) groups excluding carboxylic acids is 1. The van der Waals surface area contributed by atoms with Crippen molar-refractivity contribution in [1.29, 1.82) is 0 Å². The molecule has 6 heteroatoms. The van der Waals surface area contributed by atoms with Crippen molar-refractivity contribution in [1.82, 2.24) is 10.6 Å². The number of nitrogens with one attached hydrogen (secondary N) is 2. The van der Waals surface area contributed by atoms with Crippen LogP contribution in [0.1, 0.15) is 36.5 Å². The summed E-state index contributed by atoms with van der Waals surface area (Å²) >= 11 is 0. The molecular formula is C23H30N4O2. The molecule has 29 heavy (non-hydrogen) atoms. The Morgan fingerprint density at radius 2 is 1.86 bits per heavy atom. The van der Waals surface area contributed by atoms with E-state index in [0.29, 0.717) is 26.1 Å². The topological polar surface area (TPSA) is 66.0 Å². The van der Waals surface area contributed by atoms with Gasteiger partial charge in [0, 0.05) is 38.9 Å². The molecule has 1 aliphatic heterocycles. The highest BCUT2D eigenvalue weighted by Crippen LogP contribution is 2.21. The molecule has 1 fully saturated rings. The third-order valence-electron chi connectivity index (χ3n) is 4.95. The Morgan fingerprint density at radius 1 is 1.10 bits per heavy atom. The van der Waals surface area contributed by atoms with E-state index in [0.717, 1.165) is 36.7 Å². The second-order valence-electron chi connectivity index (χ2n) is 7.07. The molecule has 1 heterocycles. The molecule has 0 aromatic heterocycles. The number of nitrogens with zero attached hydrogens (tertiary/aromatic N) is 2. The largest absolute Gasteiger partial charge is 0.380 e. The van der Waals surface area contributed by atoms with Crippen LogP contribution >= 0.6 is 0 Å². The molecule has 2 N–H and O–H groups in total. The molecule has 1 saturated heterocycles. The number of benzene rings is 2. The fraction of sp³-hybridized carbons (Fsp3) is 0.391. The van der Waals surface area contributed by atoms with Crippen molar-refractivity contribution < 1.29 is 9.53 Å². The van der Waals surface area contributed by atoms with E-state index in [2.05, 4.69) is 29.7 Å². The van der Waals surface area contributed by atoms with Crippen LogP contribution in [-0.2, 0) is 29.2 Å². The van der Waals surface area contributed by atoms with Crippen LogP contribution in [-0.4, -0.2) is 32.1 Å². The molecule has 0 radical (unpaired) electrons. The molecule has 154 valence electrons. The van der Waals surface area contributed by atoms with Gasteiger partial charge in [0.2, 0.25) is 5.91 Å². The van der Waals surface area contributed by atoms with Crippen LogP contribution in [0.2, 0.25) is 0 Å². The molecule has 0 unspecified atom stereocenters. The van der Waals surface area contributed by atoms with Crippen LogP contribution in [0, 0.1) is 0 Å². The summed E-state index contributed by atoms with van der Waals surface area (Å²) in [5.41, 5.74) is 4.45. The quantitative estimate of drug-likeness (QED) is 0.533. The molecular weight excluding hydrogens is 364 g/mol. The van der Waals surface area contributed by atoms with E-state index in [-0.39, 0.29) is 5.91 Å². The van der Waals surface area contributed by atoms with Gasteiger partial charge in [0.1, 0.15) is 0 Å². The van der Waals surface area contributed by atoms with Crippen molar-refractivity contribution in [3.63, 3.8) is 0 Å². The molecule has 0 spiro atoms. The van der Waals surface area contributed by atoms with E-state index in [1.54, 1.807) is 7.11 Å². The Bertz CT molecular complexity index is 833. The van der Waals surface area contributed by atoms with Gasteiger partial charge in [-0.3, -0.25) is 4.79 Å². The lowest BCUT2D eigenvalue weighted by Gasteiger charge is -2.16. The minimum atomic E-state index is 0.211. The van der Waals surface area contributed by atoms with Gasteiger partial charge in [-0.05, 0) is 42.2 Å². The number of amides is 1. The first-order chi connectivity index (χ1) is 14.2. The third-order valence-corrected chi connectivity index (χ3v) is 4.95. The van der Waals surface area contributed by atoms with Gasteiger partial charge in [0.25, 0.3) is 0 Å². The molecule has 6 nitrogen and oxygen atoms in total. The van der Waals surface area contributed by atoms with Crippen molar-refractivity contribution in [2.45, 2.75) is 39.5 Å². The second-order valence-corrected chi connectivity index (χ2v) is 7.07. The van der Waals surface area contributed by atoms with Gasteiger partial charge in [-0.15, -0.1) is 0 Å². The minimum Gasteiger partial charge on any atom is -0.380 e. The molecule has 2 aromatic rings. The normalized spacial score (nSPS) is 14.3. The Hall–Kier alpha value is -2.86. The fourth-order valence-electron chi connectivity index (χ4n) is 3.42. The molecule has 0 aliphatic carbocycles. The zero-order valence-electron chi connectivity index (χ0n) is 17.3. The molecule has 0 bridgehead atoms. The maximum absolute atomic E-state index is 11.9. The first-order valence-corrected chi connectivity index (χ1v) is 10.2. The lowest BCUT2D eigenvalue weighted by molar-refractivity contribution is -0.117. The molecule has 0 atom stereocenters. The highest BCUT2D eigenvalue weighted by Gasteiger charge is 2.21. The predicted molar refractivity (Wildman–Crippen MR) is 117 cm³/mol. The van der Waals surface area contributed by atoms with Gasteiger partial charge in [0.05, 0.1) is 13.2 Å². The predicted octanol–water partition coefficient (Wildman–Crippen LogP) is 3.22. The fourth-order valence-corrected chi connectivity index (χ4v) is 3.42. The van der Waals surface area contributed by atoms with E-state index in [9.17, 15) is 4.79 Å². The molecule has 2 aromatic carbocycles. The Balaban J connectivity index is 1.61. The van der Waals surface area contributed by atoms with Crippen LogP contribution in [0.25, 0.3) is 0 Å². The first-order valence-electron chi connectivity index (χ1n) is 10.2. The standard InChI is InChI=1S/C23H30N4O2/c1-3-24-23(26-16-19-7-4-5-8-20(19)17-29-2)25-15-18-10-12-21(13-11-18)27-14-6-9-22(27)28/h4-5,7-8,10-13H,3,6,9,14-17H2,1-2H3,(H2,24,25,26). The number of anilines is 1. The summed E-state index contributed by atoms with van der Waals surface area (Å²) < 4.78 is 5.28. The van der Waals surface area contributed by atoms with E-state index in [4.69, 9.17) is 9.73 Å². The number of hydrogen-bond donors (Lipinski definition) is 2. The van der Waals surface area contributed by atoms with Gasteiger partial charge < -0.3 is 20.3 Å². The number of aliphatic imine (C=N–C) groups is 1. The van der Waals surface area contributed by atoms with Crippen molar-refractivity contribution in [3.05, 3.63) is 65.2 Å². The Labute approximate surface area is 173 Å². The van der Waals surface area contributed by atoms with E-state index in [1.165, 1.54) is 11.1 Å². The summed E-state index contributed by atoms with van der Waals surface area (Å²) in [6, 6.07) is 16.3. The van der Waals surface area contributed by atoms with Gasteiger partial charge >= 0.3 is 0 Å². The van der Waals surface area contributed by atoms with Gasteiger partial charge in [-0.25, -0.2) is 4.99 Å². The zero-order chi connectivity index (χ0) is 20.5. The average molecular weight is 395 g/mol. The lowest BCUT2D eigenvalue weighted by Crippen LogP contribution is -2.37. The Morgan fingerprint density at radius 3 is 2.52 bits per heavy atom. The molecule has 0 saturated carbocycles. The summed E-state index contributed by atoms with van der Waals surface area (Å²) in [4.78, 5) is 18.4. The number of rotatable bonds is 8. The monoisotopic (exact) mass is 394 g/mol. The van der Waals surface area contributed by atoms with Gasteiger partial charge in [-0.1, -0.05) is 36.4 Å². The van der Waals surface area contributed by atoms with Crippen LogP contribution in [0.4, 0.5) is 5.69 Å². The van der Waals surface area contributed by atoms with E-state index < -0.39 is 0 Å². The van der Waals surface area contributed by atoms with Crippen LogP contribution in [0.15, 0.2) is 53.5 Å². The summed E-state index contributed by atoms with van der Waals surface area (Å²) in [5.74, 6) is 0.988. The Kier molecular flexibility index (Phi) is 7.64. The molecule has 3 rings (SSSR count). The SMILES string of the molecule is CCNC(=NCc1ccc(N2CCCC2=O)cc1)NCc1ccccc1COC. The van der Waals surface area contributed by atoms with Gasteiger partial charge in [-0.2, -0.15) is 0 Å². The van der Waals surface area contributed by atoms with Crippen molar-refractivity contribution in [2.75, 3.05) is 25.1 Å². The first kappa shape index (κ1) is 20.9. The lowest BCUT2D eigenvalue weighted by atomic mass is 10.1. The third kappa shape index (κ3) is 5.81. The molecule has 1 aliphatic rings.